The van der Waals surface area contributed by atoms with Crippen LogP contribution in [0.1, 0.15) is 25.7 Å². The second-order valence-corrected chi connectivity index (χ2v) is 3.20. The molecule has 3 N–H and O–H groups in total. The summed E-state index contributed by atoms with van der Waals surface area (Å²) in [7, 11) is 1.70. The fraction of sp³-hybridized carbons (Fsp3) is 0.778. The topological polar surface area (TPSA) is 47.3 Å². The number of nitrogens with one attached hydrogen (secondary N) is 1. The van der Waals surface area contributed by atoms with Gasteiger partial charge in [-0.15, -0.1) is 0 Å². The lowest BCUT2D eigenvalue weighted by atomic mass is 9.94. The van der Waals surface area contributed by atoms with Crippen LogP contribution < -0.4 is 11.3 Å². The molecular formula is C9H18N2O. The molecule has 0 saturated carbocycles. The molecule has 3 heteroatoms. The van der Waals surface area contributed by atoms with Crippen molar-refractivity contribution < 1.29 is 4.74 Å². The Balaban J connectivity index is 2.45. The molecule has 1 aliphatic carbocycles. The Kier molecular flexibility index (Phi) is 4.29. The summed E-state index contributed by atoms with van der Waals surface area (Å²) in [6.07, 6.45) is 7.24. The van der Waals surface area contributed by atoms with E-state index < -0.39 is 0 Å². The van der Waals surface area contributed by atoms with Crippen molar-refractivity contribution in [2.75, 3.05) is 13.7 Å². The molecule has 0 aromatic heterocycles. The average Bonchev–Trinajstić information content (AvgIpc) is 2.15. The molecule has 3 nitrogen and oxygen atoms in total. The Hall–Kier alpha value is -0.380. The molecule has 1 atom stereocenters. The largest absolute Gasteiger partial charge is 0.383 e. The Morgan fingerprint density at radius 3 is 3.00 bits per heavy atom. The molecule has 1 rings (SSSR count). The average molecular weight is 170 g/mol. The van der Waals surface area contributed by atoms with E-state index in [4.69, 9.17) is 10.6 Å². The zero-order valence-corrected chi connectivity index (χ0v) is 7.68. The molecule has 12 heavy (non-hydrogen) atoms. The summed E-state index contributed by atoms with van der Waals surface area (Å²) in [5.74, 6) is 5.42. The van der Waals surface area contributed by atoms with E-state index in [0.717, 1.165) is 6.42 Å². The molecule has 0 saturated heterocycles. The quantitative estimate of drug-likeness (QED) is 0.375. The van der Waals surface area contributed by atoms with Gasteiger partial charge in [0.15, 0.2) is 0 Å². The van der Waals surface area contributed by atoms with Gasteiger partial charge in [0.1, 0.15) is 0 Å². The molecule has 0 heterocycles. The van der Waals surface area contributed by atoms with Gasteiger partial charge in [-0.25, -0.2) is 0 Å². The van der Waals surface area contributed by atoms with E-state index >= 15 is 0 Å². The van der Waals surface area contributed by atoms with Gasteiger partial charge in [0.25, 0.3) is 0 Å². The molecule has 0 aromatic rings. The first kappa shape index (κ1) is 9.71. The number of hydrogen-bond acceptors (Lipinski definition) is 3. The number of hydrazine groups is 1. The molecule has 0 amide bonds. The van der Waals surface area contributed by atoms with Crippen LogP contribution in [0.4, 0.5) is 0 Å². The minimum absolute atomic E-state index is 0.218. The van der Waals surface area contributed by atoms with Gasteiger partial charge in [-0.2, -0.15) is 0 Å². The molecule has 0 fully saturated rings. The third kappa shape index (κ3) is 2.59. The lowest BCUT2D eigenvalue weighted by Crippen LogP contribution is -2.40. The van der Waals surface area contributed by atoms with Crippen LogP contribution in [-0.4, -0.2) is 19.8 Å². The highest BCUT2D eigenvalue weighted by atomic mass is 16.5. The molecule has 0 radical (unpaired) electrons. The highest BCUT2D eigenvalue weighted by Gasteiger charge is 2.13. The summed E-state index contributed by atoms with van der Waals surface area (Å²) in [6, 6.07) is 0.218. The Bertz CT molecular complexity index is 157. The second kappa shape index (κ2) is 5.30. The molecular weight excluding hydrogens is 152 g/mol. The van der Waals surface area contributed by atoms with Crippen LogP contribution >= 0.6 is 0 Å². The number of nitrogens with two attached hydrogens (primary N) is 1. The van der Waals surface area contributed by atoms with Gasteiger partial charge in [0.2, 0.25) is 0 Å². The van der Waals surface area contributed by atoms with Gasteiger partial charge in [-0.1, -0.05) is 11.6 Å². The first-order chi connectivity index (χ1) is 5.88. The van der Waals surface area contributed by atoms with Gasteiger partial charge in [0.05, 0.1) is 12.6 Å². The Labute approximate surface area is 73.9 Å². The van der Waals surface area contributed by atoms with Crippen molar-refractivity contribution in [2.24, 2.45) is 5.84 Å². The van der Waals surface area contributed by atoms with Crippen LogP contribution in [0.15, 0.2) is 11.6 Å². The summed E-state index contributed by atoms with van der Waals surface area (Å²) in [5.41, 5.74) is 4.19. The first-order valence-corrected chi connectivity index (χ1v) is 4.52. The van der Waals surface area contributed by atoms with E-state index in [1.807, 2.05) is 0 Å². The van der Waals surface area contributed by atoms with Crippen LogP contribution in [0.5, 0.6) is 0 Å². The maximum atomic E-state index is 5.42. The van der Waals surface area contributed by atoms with Crippen molar-refractivity contribution in [3.8, 4) is 0 Å². The van der Waals surface area contributed by atoms with E-state index in [9.17, 15) is 0 Å². The van der Waals surface area contributed by atoms with Crippen LogP contribution in [0, 0.1) is 0 Å². The predicted molar refractivity (Wildman–Crippen MR) is 49.5 cm³/mol. The normalized spacial score (nSPS) is 20.3. The molecule has 1 aliphatic rings. The monoisotopic (exact) mass is 170 g/mol. The standard InChI is InChI=1S/C9H18N2O/c1-12-7-9(11-10)8-5-3-2-4-6-8/h5,9,11H,2-4,6-7,10H2,1H3. The summed E-state index contributed by atoms with van der Waals surface area (Å²) < 4.78 is 5.06. The zero-order chi connectivity index (χ0) is 8.81. The number of allylic oxidation sites excluding steroid dienone is 1. The van der Waals surface area contributed by atoms with Crippen molar-refractivity contribution in [1.82, 2.24) is 5.43 Å². The van der Waals surface area contributed by atoms with Gasteiger partial charge in [-0.05, 0) is 25.7 Å². The highest BCUT2D eigenvalue weighted by molar-refractivity contribution is 5.12. The molecule has 70 valence electrons. The van der Waals surface area contributed by atoms with Crippen LogP contribution in [0.25, 0.3) is 0 Å². The molecule has 0 aliphatic heterocycles. The van der Waals surface area contributed by atoms with Crippen LogP contribution in [-0.2, 0) is 4.74 Å². The Morgan fingerprint density at radius 2 is 2.50 bits per heavy atom. The summed E-state index contributed by atoms with van der Waals surface area (Å²) in [6.45, 7) is 0.669. The maximum absolute atomic E-state index is 5.42. The third-order valence-corrected chi connectivity index (χ3v) is 2.31. The van der Waals surface area contributed by atoms with E-state index in [-0.39, 0.29) is 6.04 Å². The van der Waals surface area contributed by atoms with E-state index in [1.165, 1.54) is 24.8 Å². The summed E-state index contributed by atoms with van der Waals surface area (Å²) in [4.78, 5) is 0. The van der Waals surface area contributed by atoms with Gasteiger partial charge >= 0.3 is 0 Å². The number of ether oxygens (including phenoxy) is 1. The van der Waals surface area contributed by atoms with Crippen LogP contribution in [0.3, 0.4) is 0 Å². The van der Waals surface area contributed by atoms with E-state index in [1.54, 1.807) is 7.11 Å². The van der Waals surface area contributed by atoms with Gasteiger partial charge in [0, 0.05) is 7.11 Å². The molecule has 0 aromatic carbocycles. The summed E-state index contributed by atoms with van der Waals surface area (Å²) in [5, 5.41) is 0. The maximum Gasteiger partial charge on any atom is 0.0667 e. The molecule has 0 spiro atoms. The highest BCUT2D eigenvalue weighted by Crippen LogP contribution is 2.19. The second-order valence-electron chi connectivity index (χ2n) is 3.20. The smallest absolute Gasteiger partial charge is 0.0667 e. The fourth-order valence-corrected chi connectivity index (χ4v) is 1.61. The van der Waals surface area contributed by atoms with Crippen molar-refractivity contribution in [2.45, 2.75) is 31.7 Å². The molecule has 0 bridgehead atoms. The minimum Gasteiger partial charge on any atom is -0.383 e. The minimum atomic E-state index is 0.218. The molecule has 1 unspecified atom stereocenters. The number of rotatable bonds is 4. The lowest BCUT2D eigenvalue weighted by Gasteiger charge is -2.21. The van der Waals surface area contributed by atoms with Crippen molar-refractivity contribution in [3.63, 3.8) is 0 Å². The van der Waals surface area contributed by atoms with Gasteiger partial charge in [-0.3, -0.25) is 11.3 Å². The van der Waals surface area contributed by atoms with Crippen molar-refractivity contribution in [1.29, 1.82) is 0 Å². The van der Waals surface area contributed by atoms with E-state index in [0.29, 0.717) is 6.61 Å². The third-order valence-electron chi connectivity index (χ3n) is 2.31. The van der Waals surface area contributed by atoms with Crippen molar-refractivity contribution in [3.05, 3.63) is 11.6 Å². The Morgan fingerprint density at radius 1 is 1.67 bits per heavy atom. The number of hydrogen-bond donors (Lipinski definition) is 2. The predicted octanol–water partition coefficient (Wildman–Crippen LogP) is 0.965. The van der Waals surface area contributed by atoms with E-state index in [2.05, 4.69) is 11.5 Å². The fourth-order valence-electron chi connectivity index (χ4n) is 1.61. The van der Waals surface area contributed by atoms with Crippen LogP contribution in [0.2, 0.25) is 0 Å². The first-order valence-electron chi connectivity index (χ1n) is 4.52. The SMILES string of the molecule is COCC(NN)C1=CCCCC1. The summed E-state index contributed by atoms with van der Waals surface area (Å²) >= 11 is 0. The van der Waals surface area contributed by atoms with Crippen molar-refractivity contribution >= 4 is 0 Å². The van der Waals surface area contributed by atoms with Gasteiger partial charge < -0.3 is 4.74 Å². The number of methoxy groups -OCH3 is 1. The zero-order valence-electron chi connectivity index (χ0n) is 7.68. The lowest BCUT2D eigenvalue weighted by molar-refractivity contribution is 0.175.